The van der Waals surface area contributed by atoms with E-state index in [0.29, 0.717) is 18.3 Å². The van der Waals surface area contributed by atoms with Crippen LogP contribution in [0.4, 0.5) is 0 Å². The number of carbonyl (C=O) groups excluding carboxylic acids is 1. The molecule has 5 heteroatoms. The first-order chi connectivity index (χ1) is 7.13. The fourth-order valence-electron chi connectivity index (χ4n) is 0.989. The lowest BCUT2D eigenvalue weighted by Gasteiger charge is -2.12. The Bertz CT molecular complexity index is 341. The molecule has 0 N–H and O–H groups in total. The van der Waals surface area contributed by atoms with E-state index < -0.39 is 12.1 Å². The first kappa shape index (κ1) is 11.4. The molecule has 1 atom stereocenters. The van der Waals surface area contributed by atoms with Crippen molar-refractivity contribution in [2.45, 2.75) is 26.9 Å². The van der Waals surface area contributed by atoms with Crippen molar-refractivity contribution < 1.29 is 14.3 Å². The van der Waals surface area contributed by atoms with Crippen molar-refractivity contribution in [3.63, 3.8) is 0 Å². The molecule has 0 saturated carbocycles. The minimum absolute atomic E-state index is 0.343. The normalized spacial score (nSPS) is 11.9. The number of aryl methyl sites for hydroxylation is 1. The van der Waals surface area contributed by atoms with Crippen molar-refractivity contribution >= 4 is 5.97 Å². The van der Waals surface area contributed by atoms with Crippen LogP contribution in [0.15, 0.2) is 12.3 Å². The molecule has 1 rings (SSSR count). The zero-order valence-electron chi connectivity index (χ0n) is 9.06. The number of nitrogens with zero attached hydrogens (tertiary/aromatic N) is 2. The van der Waals surface area contributed by atoms with E-state index >= 15 is 0 Å². The molecule has 0 aliphatic heterocycles. The summed E-state index contributed by atoms with van der Waals surface area (Å²) in [4.78, 5) is 19.2. The van der Waals surface area contributed by atoms with Crippen LogP contribution in [0, 0.1) is 6.92 Å². The third-order valence-electron chi connectivity index (χ3n) is 1.67. The topological polar surface area (TPSA) is 61.3 Å². The molecule has 1 aromatic heterocycles. The number of carbonyl (C=O) groups is 1. The Morgan fingerprint density at radius 1 is 1.60 bits per heavy atom. The maximum absolute atomic E-state index is 11.2. The predicted octanol–water partition coefficient (Wildman–Crippen LogP) is 1.12. The predicted molar refractivity (Wildman–Crippen MR) is 53.5 cm³/mol. The van der Waals surface area contributed by atoms with E-state index in [2.05, 4.69) is 9.97 Å². The van der Waals surface area contributed by atoms with Gasteiger partial charge in [0, 0.05) is 12.3 Å². The van der Waals surface area contributed by atoms with Gasteiger partial charge in [-0.2, -0.15) is 4.98 Å². The van der Waals surface area contributed by atoms with Crippen molar-refractivity contribution in [1.82, 2.24) is 9.97 Å². The van der Waals surface area contributed by atoms with Crippen LogP contribution < -0.4 is 4.74 Å². The van der Waals surface area contributed by atoms with Crippen molar-refractivity contribution in [2.75, 3.05) is 6.61 Å². The molecule has 0 aliphatic carbocycles. The van der Waals surface area contributed by atoms with E-state index in [1.54, 1.807) is 33.0 Å². The van der Waals surface area contributed by atoms with Crippen molar-refractivity contribution in [2.24, 2.45) is 0 Å². The van der Waals surface area contributed by atoms with Crippen LogP contribution in [0.1, 0.15) is 19.7 Å². The molecule has 15 heavy (non-hydrogen) atoms. The molecule has 5 nitrogen and oxygen atoms in total. The van der Waals surface area contributed by atoms with Gasteiger partial charge in [0.05, 0.1) is 6.61 Å². The van der Waals surface area contributed by atoms with Gasteiger partial charge in [0.25, 0.3) is 0 Å². The van der Waals surface area contributed by atoms with Crippen LogP contribution >= 0.6 is 0 Å². The Labute approximate surface area is 88.4 Å². The second kappa shape index (κ2) is 5.29. The summed E-state index contributed by atoms with van der Waals surface area (Å²) < 4.78 is 10.1. The largest absolute Gasteiger partial charge is 0.463 e. The number of aromatic nitrogens is 2. The monoisotopic (exact) mass is 210 g/mol. The minimum atomic E-state index is -0.653. The Morgan fingerprint density at radius 3 is 2.93 bits per heavy atom. The molecule has 0 bridgehead atoms. The maximum atomic E-state index is 11.2. The highest BCUT2D eigenvalue weighted by atomic mass is 16.6. The number of ether oxygens (including phenoxy) is 2. The maximum Gasteiger partial charge on any atom is 0.347 e. The lowest BCUT2D eigenvalue weighted by atomic mass is 10.4. The second-order valence-corrected chi connectivity index (χ2v) is 2.95. The summed E-state index contributed by atoms with van der Waals surface area (Å²) in [6.07, 6.45) is 0.925. The highest BCUT2D eigenvalue weighted by molar-refractivity contribution is 5.74. The summed E-state index contributed by atoms with van der Waals surface area (Å²) in [6.45, 7) is 5.46. The lowest BCUT2D eigenvalue weighted by Crippen LogP contribution is -2.26. The molecular weight excluding hydrogens is 196 g/mol. The summed E-state index contributed by atoms with van der Waals surface area (Å²) >= 11 is 0. The van der Waals surface area contributed by atoms with Crippen LogP contribution in [0.2, 0.25) is 0 Å². The lowest BCUT2D eigenvalue weighted by molar-refractivity contribution is -0.150. The first-order valence-electron chi connectivity index (χ1n) is 4.76. The fourth-order valence-corrected chi connectivity index (χ4v) is 0.989. The number of rotatable bonds is 4. The van der Waals surface area contributed by atoms with Crippen LogP contribution in [-0.4, -0.2) is 28.6 Å². The van der Waals surface area contributed by atoms with Gasteiger partial charge in [0.15, 0.2) is 6.10 Å². The average molecular weight is 210 g/mol. The Hall–Kier alpha value is -1.65. The van der Waals surface area contributed by atoms with E-state index in [9.17, 15) is 4.79 Å². The molecule has 1 heterocycles. The van der Waals surface area contributed by atoms with Crippen molar-refractivity contribution in [3.05, 3.63) is 18.1 Å². The summed E-state index contributed by atoms with van der Waals surface area (Å²) in [6, 6.07) is 1.60. The second-order valence-electron chi connectivity index (χ2n) is 2.95. The number of esters is 1. The van der Waals surface area contributed by atoms with Crippen LogP contribution in [0.25, 0.3) is 0 Å². The minimum Gasteiger partial charge on any atom is -0.463 e. The molecule has 0 radical (unpaired) electrons. The van der Waals surface area contributed by atoms with Crippen LogP contribution in [-0.2, 0) is 9.53 Å². The standard InChI is InChI=1S/C10H14N2O3/c1-4-14-10(13)7(2)15-9-5-6-11-8(3)12-9/h5-7H,4H2,1-3H3. The van der Waals surface area contributed by atoms with E-state index in [4.69, 9.17) is 9.47 Å². The van der Waals surface area contributed by atoms with E-state index in [1.807, 2.05) is 0 Å². The Balaban J connectivity index is 2.58. The molecule has 1 unspecified atom stereocenters. The third-order valence-corrected chi connectivity index (χ3v) is 1.67. The molecule has 0 saturated heterocycles. The van der Waals surface area contributed by atoms with Crippen molar-refractivity contribution in [1.29, 1.82) is 0 Å². The SMILES string of the molecule is CCOC(=O)C(C)Oc1ccnc(C)n1. The van der Waals surface area contributed by atoms with Gasteiger partial charge in [-0.3, -0.25) is 0 Å². The van der Waals surface area contributed by atoms with E-state index in [-0.39, 0.29) is 0 Å². The number of hydrogen-bond donors (Lipinski definition) is 0. The van der Waals surface area contributed by atoms with E-state index in [0.717, 1.165) is 0 Å². The van der Waals surface area contributed by atoms with Gasteiger partial charge < -0.3 is 9.47 Å². The zero-order valence-corrected chi connectivity index (χ0v) is 9.06. The quantitative estimate of drug-likeness (QED) is 0.697. The van der Waals surface area contributed by atoms with Crippen LogP contribution in [0.3, 0.4) is 0 Å². The molecule has 0 amide bonds. The van der Waals surface area contributed by atoms with Gasteiger partial charge in [-0.05, 0) is 20.8 Å². The van der Waals surface area contributed by atoms with Crippen LogP contribution in [0.5, 0.6) is 5.88 Å². The van der Waals surface area contributed by atoms with Gasteiger partial charge in [-0.15, -0.1) is 0 Å². The van der Waals surface area contributed by atoms with Gasteiger partial charge in [-0.25, -0.2) is 9.78 Å². The molecule has 0 fully saturated rings. The summed E-state index contributed by atoms with van der Waals surface area (Å²) in [5.41, 5.74) is 0. The van der Waals surface area contributed by atoms with Gasteiger partial charge in [0.1, 0.15) is 5.82 Å². The molecule has 0 spiro atoms. The number of hydrogen-bond acceptors (Lipinski definition) is 5. The molecular formula is C10H14N2O3. The van der Waals surface area contributed by atoms with Gasteiger partial charge in [0.2, 0.25) is 5.88 Å². The highest BCUT2D eigenvalue weighted by Gasteiger charge is 2.16. The Morgan fingerprint density at radius 2 is 2.33 bits per heavy atom. The summed E-state index contributed by atoms with van der Waals surface area (Å²) in [5, 5.41) is 0. The molecule has 0 aromatic carbocycles. The first-order valence-corrected chi connectivity index (χ1v) is 4.76. The van der Waals surface area contributed by atoms with E-state index in [1.165, 1.54) is 0 Å². The fraction of sp³-hybridized carbons (Fsp3) is 0.500. The highest BCUT2D eigenvalue weighted by Crippen LogP contribution is 2.07. The van der Waals surface area contributed by atoms with Crippen molar-refractivity contribution in [3.8, 4) is 5.88 Å². The zero-order chi connectivity index (χ0) is 11.3. The Kier molecular flexibility index (Phi) is 4.03. The van der Waals surface area contributed by atoms with Gasteiger partial charge >= 0.3 is 5.97 Å². The smallest absolute Gasteiger partial charge is 0.347 e. The summed E-state index contributed by atoms with van der Waals surface area (Å²) in [7, 11) is 0. The molecule has 82 valence electrons. The third kappa shape index (κ3) is 3.53. The average Bonchev–Trinajstić information content (AvgIpc) is 2.18. The summed E-state index contributed by atoms with van der Waals surface area (Å²) in [5.74, 6) is 0.584. The van der Waals surface area contributed by atoms with Gasteiger partial charge in [-0.1, -0.05) is 0 Å². The molecule has 1 aromatic rings. The molecule has 0 aliphatic rings.